The van der Waals surface area contributed by atoms with Gasteiger partial charge in [0.1, 0.15) is 5.75 Å². The van der Waals surface area contributed by atoms with Gasteiger partial charge >= 0.3 is 0 Å². The van der Waals surface area contributed by atoms with Crippen molar-refractivity contribution in [2.45, 2.75) is 13.8 Å². The van der Waals surface area contributed by atoms with E-state index in [0.717, 1.165) is 11.4 Å². The van der Waals surface area contributed by atoms with Crippen LogP contribution in [0.15, 0.2) is 48.7 Å². The van der Waals surface area contributed by atoms with Gasteiger partial charge in [0.2, 0.25) is 5.88 Å². The van der Waals surface area contributed by atoms with Gasteiger partial charge < -0.3 is 10.5 Å². The van der Waals surface area contributed by atoms with Crippen LogP contribution in [-0.4, -0.2) is 4.98 Å². The van der Waals surface area contributed by atoms with Crippen LogP contribution in [0.2, 0.25) is 0 Å². The van der Waals surface area contributed by atoms with Crippen molar-refractivity contribution in [2.75, 3.05) is 5.73 Å². The number of aromatic nitrogens is 1. The van der Waals surface area contributed by atoms with Gasteiger partial charge in [-0.05, 0) is 30.3 Å². The van der Waals surface area contributed by atoms with Crippen LogP contribution in [-0.2, 0) is 0 Å². The molecular weight excluding hydrogens is 200 g/mol. The fourth-order valence-corrected chi connectivity index (χ4v) is 1.06. The second kappa shape index (κ2) is 6.45. The van der Waals surface area contributed by atoms with E-state index in [0.29, 0.717) is 5.88 Å². The summed E-state index contributed by atoms with van der Waals surface area (Å²) < 4.78 is 5.47. The van der Waals surface area contributed by atoms with Gasteiger partial charge in [0.25, 0.3) is 0 Å². The number of benzene rings is 1. The van der Waals surface area contributed by atoms with Gasteiger partial charge in [-0.3, -0.25) is 0 Å². The molecule has 1 aromatic carbocycles. The lowest BCUT2D eigenvalue weighted by Gasteiger charge is -2.03. The van der Waals surface area contributed by atoms with Crippen molar-refractivity contribution in [3.63, 3.8) is 0 Å². The number of nitrogens with two attached hydrogens (primary N) is 1. The van der Waals surface area contributed by atoms with Crippen LogP contribution in [0.5, 0.6) is 11.6 Å². The van der Waals surface area contributed by atoms with Gasteiger partial charge in [-0.25, -0.2) is 4.98 Å². The van der Waals surface area contributed by atoms with Crippen molar-refractivity contribution in [2.24, 2.45) is 0 Å². The molecule has 0 unspecified atom stereocenters. The normalized spacial score (nSPS) is 8.88. The number of hydrogen-bond donors (Lipinski definition) is 1. The average molecular weight is 216 g/mol. The molecule has 1 heterocycles. The second-order valence-corrected chi connectivity index (χ2v) is 2.84. The standard InChI is InChI=1S/C11H10N2O.C2H6/c12-9-4-6-10(7-5-9)14-11-3-1-2-8-13-11;1-2/h1-8H,12H2;1-2H3. The van der Waals surface area contributed by atoms with Crippen LogP contribution >= 0.6 is 0 Å². The molecule has 0 fully saturated rings. The Kier molecular flexibility index (Phi) is 4.86. The number of anilines is 1. The lowest BCUT2D eigenvalue weighted by Crippen LogP contribution is -1.87. The second-order valence-electron chi connectivity index (χ2n) is 2.84. The predicted molar refractivity (Wildman–Crippen MR) is 66.5 cm³/mol. The van der Waals surface area contributed by atoms with Gasteiger partial charge in [0, 0.05) is 18.0 Å². The molecule has 0 bridgehead atoms. The van der Waals surface area contributed by atoms with E-state index < -0.39 is 0 Å². The summed E-state index contributed by atoms with van der Waals surface area (Å²) in [4.78, 5) is 4.04. The van der Waals surface area contributed by atoms with Crippen molar-refractivity contribution in [3.05, 3.63) is 48.7 Å². The lowest BCUT2D eigenvalue weighted by atomic mass is 10.3. The van der Waals surface area contributed by atoms with Crippen molar-refractivity contribution in [3.8, 4) is 11.6 Å². The zero-order valence-electron chi connectivity index (χ0n) is 9.55. The maximum absolute atomic E-state index is 5.55. The lowest BCUT2D eigenvalue weighted by molar-refractivity contribution is 0.463. The smallest absolute Gasteiger partial charge is 0.219 e. The molecule has 0 aliphatic carbocycles. The zero-order valence-corrected chi connectivity index (χ0v) is 9.55. The number of hydrogen-bond acceptors (Lipinski definition) is 3. The predicted octanol–water partition coefficient (Wildman–Crippen LogP) is 3.48. The molecule has 0 amide bonds. The number of nitrogens with zero attached hydrogens (tertiary/aromatic N) is 1. The van der Waals surface area contributed by atoms with E-state index in [1.807, 2.05) is 38.1 Å². The van der Waals surface area contributed by atoms with E-state index in [4.69, 9.17) is 10.5 Å². The average Bonchev–Trinajstić information content (AvgIpc) is 2.36. The first-order chi connectivity index (χ1) is 7.84. The van der Waals surface area contributed by atoms with Gasteiger partial charge in [-0.15, -0.1) is 0 Å². The van der Waals surface area contributed by atoms with Crippen LogP contribution in [0.3, 0.4) is 0 Å². The van der Waals surface area contributed by atoms with E-state index >= 15 is 0 Å². The molecule has 0 aliphatic rings. The maximum atomic E-state index is 5.55. The van der Waals surface area contributed by atoms with Gasteiger partial charge in [0.05, 0.1) is 0 Å². The van der Waals surface area contributed by atoms with Crippen molar-refractivity contribution in [1.82, 2.24) is 4.98 Å². The summed E-state index contributed by atoms with van der Waals surface area (Å²) in [5.41, 5.74) is 6.27. The van der Waals surface area contributed by atoms with E-state index in [-0.39, 0.29) is 0 Å². The van der Waals surface area contributed by atoms with Crippen LogP contribution < -0.4 is 10.5 Å². The summed E-state index contributed by atoms with van der Waals surface area (Å²) in [6.07, 6.45) is 1.69. The topological polar surface area (TPSA) is 48.1 Å². The minimum Gasteiger partial charge on any atom is -0.439 e. The molecule has 0 spiro atoms. The number of ether oxygens (including phenoxy) is 1. The first-order valence-electron chi connectivity index (χ1n) is 5.29. The summed E-state index contributed by atoms with van der Waals surface area (Å²) in [5.74, 6) is 1.31. The van der Waals surface area contributed by atoms with E-state index in [9.17, 15) is 0 Å². The molecule has 2 rings (SSSR count). The number of rotatable bonds is 2. The molecule has 0 radical (unpaired) electrons. The highest BCUT2D eigenvalue weighted by molar-refractivity contribution is 5.42. The monoisotopic (exact) mass is 216 g/mol. The molecule has 84 valence electrons. The Morgan fingerprint density at radius 3 is 2.25 bits per heavy atom. The third-order valence-electron chi connectivity index (χ3n) is 1.74. The van der Waals surface area contributed by atoms with Crippen molar-refractivity contribution >= 4 is 5.69 Å². The molecule has 2 N–H and O–H groups in total. The molecule has 0 saturated heterocycles. The Balaban J connectivity index is 0.000000606. The molecular formula is C13H16N2O. The van der Waals surface area contributed by atoms with E-state index in [1.165, 1.54) is 0 Å². The highest BCUT2D eigenvalue weighted by atomic mass is 16.5. The highest BCUT2D eigenvalue weighted by Crippen LogP contribution is 2.19. The van der Waals surface area contributed by atoms with Gasteiger partial charge in [-0.2, -0.15) is 0 Å². The number of pyridine rings is 1. The largest absolute Gasteiger partial charge is 0.439 e. The van der Waals surface area contributed by atoms with Crippen LogP contribution in [0.4, 0.5) is 5.69 Å². The SMILES string of the molecule is CC.Nc1ccc(Oc2ccccn2)cc1. The number of nitrogen functional groups attached to an aromatic ring is 1. The first-order valence-corrected chi connectivity index (χ1v) is 5.29. The molecule has 3 nitrogen and oxygen atoms in total. The molecule has 3 heteroatoms. The minimum atomic E-state index is 0.581. The van der Waals surface area contributed by atoms with Crippen molar-refractivity contribution < 1.29 is 4.74 Å². The molecule has 16 heavy (non-hydrogen) atoms. The maximum Gasteiger partial charge on any atom is 0.219 e. The summed E-state index contributed by atoms with van der Waals surface area (Å²) in [7, 11) is 0. The summed E-state index contributed by atoms with van der Waals surface area (Å²) in [6, 6.07) is 12.7. The molecule has 1 aromatic heterocycles. The van der Waals surface area contributed by atoms with E-state index in [2.05, 4.69) is 4.98 Å². The van der Waals surface area contributed by atoms with Gasteiger partial charge in [-0.1, -0.05) is 19.9 Å². The molecule has 0 aliphatic heterocycles. The fraction of sp³-hybridized carbons (Fsp3) is 0.154. The highest BCUT2D eigenvalue weighted by Gasteiger charge is 1.95. The fourth-order valence-electron chi connectivity index (χ4n) is 1.06. The summed E-state index contributed by atoms with van der Waals surface area (Å²) in [5, 5.41) is 0. The molecule has 0 saturated carbocycles. The Labute approximate surface area is 95.9 Å². The first kappa shape index (κ1) is 12.0. The third kappa shape index (κ3) is 3.61. The Hall–Kier alpha value is -2.03. The van der Waals surface area contributed by atoms with Crippen molar-refractivity contribution in [1.29, 1.82) is 0 Å². The van der Waals surface area contributed by atoms with Crippen LogP contribution in [0, 0.1) is 0 Å². The van der Waals surface area contributed by atoms with Gasteiger partial charge in [0.15, 0.2) is 0 Å². The van der Waals surface area contributed by atoms with E-state index in [1.54, 1.807) is 24.4 Å². The summed E-state index contributed by atoms with van der Waals surface area (Å²) >= 11 is 0. The third-order valence-corrected chi connectivity index (χ3v) is 1.74. The molecule has 0 atom stereocenters. The Morgan fingerprint density at radius 1 is 1.00 bits per heavy atom. The quantitative estimate of drug-likeness (QED) is 0.782. The van der Waals surface area contributed by atoms with Crippen LogP contribution in [0.25, 0.3) is 0 Å². The Bertz CT molecular complexity index is 398. The summed E-state index contributed by atoms with van der Waals surface area (Å²) in [6.45, 7) is 4.00. The van der Waals surface area contributed by atoms with Crippen LogP contribution in [0.1, 0.15) is 13.8 Å². The molecule has 2 aromatic rings. The zero-order chi connectivity index (χ0) is 11.8. The minimum absolute atomic E-state index is 0.581. The Morgan fingerprint density at radius 2 is 1.69 bits per heavy atom.